The normalized spacial score (nSPS) is 22.0. The molecule has 1 aromatic rings. The third kappa shape index (κ3) is 3.10. The van der Waals surface area contributed by atoms with Crippen molar-refractivity contribution in [1.29, 1.82) is 0 Å². The van der Waals surface area contributed by atoms with E-state index in [1.807, 2.05) is 6.92 Å². The molecule has 1 saturated heterocycles. The van der Waals surface area contributed by atoms with Crippen LogP contribution in [0.4, 0.5) is 0 Å². The van der Waals surface area contributed by atoms with E-state index >= 15 is 0 Å². The second-order valence-electron chi connectivity index (χ2n) is 4.79. The lowest BCUT2D eigenvalue weighted by molar-refractivity contribution is 0.108. The van der Waals surface area contributed by atoms with Crippen LogP contribution in [0.25, 0.3) is 0 Å². The van der Waals surface area contributed by atoms with Crippen LogP contribution in [0.1, 0.15) is 12.0 Å². The number of rotatable bonds is 4. The van der Waals surface area contributed by atoms with Crippen molar-refractivity contribution in [1.82, 2.24) is 0 Å². The Bertz CT molecular complexity index is 486. The van der Waals surface area contributed by atoms with E-state index in [-0.39, 0.29) is 16.6 Å². The molecule has 1 N–H and O–H groups in total. The Hall–Kier alpha value is -0.910. The molecular formula is C13H18O4S. The minimum Gasteiger partial charge on any atom is -0.392 e. The summed E-state index contributed by atoms with van der Waals surface area (Å²) in [5, 5.41) is 9.94. The molecule has 1 heterocycles. The van der Waals surface area contributed by atoms with Crippen molar-refractivity contribution >= 4 is 9.84 Å². The average molecular weight is 270 g/mol. The molecule has 0 amide bonds. The summed E-state index contributed by atoms with van der Waals surface area (Å²) in [5.41, 5.74) is 1.01. The van der Waals surface area contributed by atoms with E-state index in [0.717, 1.165) is 12.0 Å². The molecule has 100 valence electrons. The molecule has 0 saturated carbocycles. The van der Waals surface area contributed by atoms with Gasteiger partial charge in [0.05, 0.1) is 23.4 Å². The molecular weight excluding hydrogens is 252 g/mol. The van der Waals surface area contributed by atoms with Crippen LogP contribution >= 0.6 is 0 Å². The third-order valence-electron chi connectivity index (χ3n) is 3.28. The fraction of sp³-hybridized carbons (Fsp3) is 0.538. The highest BCUT2D eigenvalue weighted by molar-refractivity contribution is 7.91. The zero-order valence-electron chi connectivity index (χ0n) is 10.4. The molecule has 1 aromatic carbocycles. The summed E-state index contributed by atoms with van der Waals surface area (Å²) in [7, 11) is -3.42. The number of aryl methyl sites for hydroxylation is 1. The monoisotopic (exact) mass is 270 g/mol. The molecule has 0 aliphatic carbocycles. The number of benzene rings is 1. The van der Waals surface area contributed by atoms with Gasteiger partial charge in [-0.05, 0) is 25.5 Å². The van der Waals surface area contributed by atoms with E-state index in [1.54, 1.807) is 24.3 Å². The Labute approximate surface area is 108 Å². The van der Waals surface area contributed by atoms with Gasteiger partial charge in [0.15, 0.2) is 9.84 Å². The van der Waals surface area contributed by atoms with E-state index in [9.17, 15) is 13.5 Å². The molecule has 2 atom stereocenters. The molecule has 1 aliphatic heterocycles. The van der Waals surface area contributed by atoms with Gasteiger partial charge in [0.2, 0.25) is 0 Å². The number of hydrogen-bond acceptors (Lipinski definition) is 4. The molecule has 0 spiro atoms. The smallest absolute Gasteiger partial charge is 0.180 e. The molecule has 2 rings (SSSR count). The topological polar surface area (TPSA) is 63.6 Å². The maximum absolute atomic E-state index is 12.1. The first-order valence-corrected chi connectivity index (χ1v) is 7.69. The third-order valence-corrected chi connectivity index (χ3v) is 5.05. The minimum absolute atomic E-state index is 0.0646. The van der Waals surface area contributed by atoms with Gasteiger partial charge in [-0.15, -0.1) is 0 Å². The van der Waals surface area contributed by atoms with Gasteiger partial charge < -0.3 is 9.84 Å². The van der Waals surface area contributed by atoms with Crippen molar-refractivity contribution in [3.05, 3.63) is 29.8 Å². The van der Waals surface area contributed by atoms with Gasteiger partial charge in [-0.1, -0.05) is 17.7 Å². The van der Waals surface area contributed by atoms with Crippen molar-refractivity contribution < 1.29 is 18.3 Å². The van der Waals surface area contributed by atoms with E-state index in [0.29, 0.717) is 13.2 Å². The molecule has 5 heteroatoms. The number of aliphatic hydroxyl groups excluding tert-OH is 1. The standard InChI is InChI=1S/C13H18O4S/c1-10-2-4-12(5-3-10)18(15,16)9-13(14)11-6-7-17-8-11/h2-5,11,13-14H,6-9H2,1H3. The summed E-state index contributed by atoms with van der Waals surface area (Å²) in [6.45, 7) is 2.96. The Kier molecular flexibility index (Phi) is 4.04. The molecule has 0 aromatic heterocycles. The van der Waals surface area contributed by atoms with Gasteiger partial charge in [0.1, 0.15) is 0 Å². The van der Waals surface area contributed by atoms with Gasteiger partial charge in [-0.2, -0.15) is 0 Å². The Morgan fingerprint density at radius 1 is 1.39 bits per heavy atom. The highest BCUT2D eigenvalue weighted by Crippen LogP contribution is 2.21. The van der Waals surface area contributed by atoms with Crippen molar-refractivity contribution in [3.63, 3.8) is 0 Å². The van der Waals surface area contributed by atoms with Crippen LogP contribution in [-0.4, -0.2) is 38.6 Å². The van der Waals surface area contributed by atoms with Crippen molar-refractivity contribution in [3.8, 4) is 0 Å². The van der Waals surface area contributed by atoms with E-state index in [4.69, 9.17) is 4.74 Å². The Morgan fingerprint density at radius 2 is 2.06 bits per heavy atom. The van der Waals surface area contributed by atoms with E-state index in [2.05, 4.69) is 0 Å². The maximum atomic E-state index is 12.1. The summed E-state index contributed by atoms with van der Waals surface area (Å²) in [6, 6.07) is 6.70. The first-order chi connectivity index (χ1) is 8.49. The van der Waals surface area contributed by atoms with Crippen LogP contribution in [0.2, 0.25) is 0 Å². The zero-order chi connectivity index (χ0) is 13.2. The summed E-state index contributed by atoms with van der Waals surface area (Å²) in [4.78, 5) is 0.270. The van der Waals surface area contributed by atoms with Crippen LogP contribution in [0.3, 0.4) is 0 Å². The van der Waals surface area contributed by atoms with Crippen molar-refractivity contribution in [2.45, 2.75) is 24.3 Å². The largest absolute Gasteiger partial charge is 0.392 e. The van der Waals surface area contributed by atoms with Gasteiger partial charge in [0.25, 0.3) is 0 Å². The van der Waals surface area contributed by atoms with Gasteiger partial charge in [-0.25, -0.2) is 8.42 Å². The lowest BCUT2D eigenvalue weighted by Crippen LogP contribution is -2.29. The maximum Gasteiger partial charge on any atom is 0.180 e. The molecule has 2 unspecified atom stereocenters. The van der Waals surface area contributed by atoms with Crippen LogP contribution in [0.5, 0.6) is 0 Å². The quantitative estimate of drug-likeness (QED) is 0.892. The van der Waals surface area contributed by atoms with E-state index in [1.165, 1.54) is 0 Å². The highest BCUT2D eigenvalue weighted by atomic mass is 32.2. The fourth-order valence-electron chi connectivity index (χ4n) is 2.06. The summed E-state index contributed by atoms with van der Waals surface area (Å²) in [6.07, 6.45) is -0.122. The number of sulfone groups is 1. The number of aliphatic hydroxyl groups is 1. The molecule has 0 bridgehead atoms. The zero-order valence-corrected chi connectivity index (χ0v) is 11.2. The van der Waals surface area contributed by atoms with Crippen molar-refractivity contribution in [2.75, 3.05) is 19.0 Å². The fourth-order valence-corrected chi connectivity index (χ4v) is 3.52. The van der Waals surface area contributed by atoms with Gasteiger partial charge in [-0.3, -0.25) is 0 Å². The minimum atomic E-state index is -3.42. The first-order valence-electron chi connectivity index (χ1n) is 6.04. The molecule has 4 nitrogen and oxygen atoms in total. The second-order valence-corrected chi connectivity index (χ2v) is 6.82. The van der Waals surface area contributed by atoms with Crippen LogP contribution in [0, 0.1) is 12.8 Å². The second kappa shape index (κ2) is 5.38. The first kappa shape index (κ1) is 13.5. The molecule has 1 aliphatic rings. The molecule has 0 radical (unpaired) electrons. The van der Waals surface area contributed by atoms with E-state index < -0.39 is 15.9 Å². The van der Waals surface area contributed by atoms with Crippen LogP contribution < -0.4 is 0 Å². The Morgan fingerprint density at radius 3 is 2.61 bits per heavy atom. The summed E-state index contributed by atoms with van der Waals surface area (Å²) >= 11 is 0. The molecule has 18 heavy (non-hydrogen) atoms. The number of ether oxygens (including phenoxy) is 1. The SMILES string of the molecule is Cc1ccc(S(=O)(=O)CC(O)C2CCOC2)cc1. The Balaban J connectivity index is 2.09. The lowest BCUT2D eigenvalue weighted by Gasteiger charge is -2.16. The van der Waals surface area contributed by atoms with Crippen LogP contribution in [0.15, 0.2) is 29.2 Å². The van der Waals surface area contributed by atoms with Gasteiger partial charge in [0, 0.05) is 12.5 Å². The van der Waals surface area contributed by atoms with Gasteiger partial charge >= 0.3 is 0 Å². The lowest BCUT2D eigenvalue weighted by atomic mass is 10.0. The van der Waals surface area contributed by atoms with Crippen molar-refractivity contribution in [2.24, 2.45) is 5.92 Å². The summed E-state index contributed by atoms with van der Waals surface area (Å²) < 4.78 is 29.4. The van der Waals surface area contributed by atoms with Crippen LogP contribution in [-0.2, 0) is 14.6 Å². The average Bonchev–Trinajstić information content (AvgIpc) is 2.82. The number of hydrogen-bond donors (Lipinski definition) is 1. The predicted molar refractivity (Wildman–Crippen MR) is 68.2 cm³/mol. The highest BCUT2D eigenvalue weighted by Gasteiger charge is 2.29. The predicted octanol–water partition coefficient (Wildman–Crippen LogP) is 1.17. The summed E-state index contributed by atoms with van der Waals surface area (Å²) in [5.74, 6) is -0.297. The molecule has 1 fully saturated rings.